The molecule has 0 amide bonds. The summed E-state index contributed by atoms with van der Waals surface area (Å²) in [5.74, 6) is 0.699. The Labute approximate surface area is 118 Å². The number of aromatic nitrogens is 1. The Balaban J connectivity index is 2.05. The van der Waals surface area contributed by atoms with Crippen LogP contribution in [0.15, 0.2) is 41.1 Å². The van der Waals surface area contributed by atoms with Crippen LogP contribution in [-0.4, -0.2) is 4.98 Å². The first-order chi connectivity index (χ1) is 8.15. The van der Waals surface area contributed by atoms with Crippen molar-refractivity contribution in [2.24, 2.45) is 0 Å². The predicted molar refractivity (Wildman–Crippen MR) is 72.7 cm³/mol. The number of pyridine rings is 1. The fourth-order valence-corrected chi connectivity index (χ4v) is 1.93. The van der Waals surface area contributed by atoms with E-state index in [0.717, 1.165) is 10.0 Å². The zero-order valence-electron chi connectivity index (χ0n) is 8.66. The smallest absolute Gasteiger partial charge is 0.139 e. The summed E-state index contributed by atoms with van der Waals surface area (Å²) in [4.78, 5) is 4.01. The van der Waals surface area contributed by atoms with Gasteiger partial charge < -0.3 is 4.74 Å². The fraction of sp³-hybridized carbons (Fsp3) is 0.0833. The van der Waals surface area contributed by atoms with Gasteiger partial charge in [-0.1, -0.05) is 29.3 Å². The molecule has 1 aromatic heterocycles. The Morgan fingerprint density at radius 2 is 1.94 bits per heavy atom. The van der Waals surface area contributed by atoms with Crippen LogP contribution in [0.3, 0.4) is 0 Å². The highest BCUT2D eigenvalue weighted by molar-refractivity contribution is 9.10. The van der Waals surface area contributed by atoms with Crippen molar-refractivity contribution >= 4 is 39.1 Å². The molecule has 2 aromatic rings. The molecule has 88 valence electrons. The maximum atomic E-state index is 5.91. The standard InChI is InChI=1S/C12H8BrCl2NO/c13-9-4-10(6-16-5-9)17-7-8-1-2-11(14)12(15)3-8/h1-6H,7H2. The third kappa shape index (κ3) is 3.60. The first-order valence-electron chi connectivity index (χ1n) is 4.82. The fourth-order valence-electron chi connectivity index (χ4n) is 1.27. The van der Waals surface area contributed by atoms with Gasteiger partial charge in [-0.2, -0.15) is 0 Å². The monoisotopic (exact) mass is 331 g/mol. The van der Waals surface area contributed by atoms with Crippen molar-refractivity contribution in [3.63, 3.8) is 0 Å². The number of nitrogens with zero attached hydrogens (tertiary/aromatic N) is 1. The molecule has 17 heavy (non-hydrogen) atoms. The van der Waals surface area contributed by atoms with Crippen molar-refractivity contribution in [1.29, 1.82) is 0 Å². The molecule has 2 nitrogen and oxygen atoms in total. The largest absolute Gasteiger partial charge is 0.487 e. The Bertz CT molecular complexity index is 534. The summed E-state index contributed by atoms with van der Waals surface area (Å²) in [7, 11) is 0. The van der Waals surface area contributed by atoms with Crippen LogP contribution in [0.2, 0.25) is 10.0 Å². The molecule has 0 atom stereocenters. The lowest BCUT2D eigenvalue weighted by Gasteiger charge is -2.06. The molecule has 2 rings (SSSR count). The highest BCUT2D eigenvalue weighted by atomic mass is 79.9. The van der Waals surface area contributed by atoms with E-state index in [2.05, 4.69) is 20.9 Å². The molecule has 0 unspecified atom stereocenters. The molecule has 0 saturated heterocycles. The summed E-state index contributed by atoms with van der Waals surface area (Å²) in [5, 5.41) is 1.07. The lowest BCUT2D eigenvalue weighted by Crippen LogP contribution is -1.95. The quantitative estimate of drug-likeness (QED) is 0.810. The number of ether oxygens (including phenoxy) is 1. The first kappa shape index (κ1) is 12.7. The maximum absolute atomic E-state index is 5.91. The highest BCUT2D eigenvalue weighted by Gasteiger charge is 2.01. The average molecular weight is 333 g/mol. The number of hydrogen-bond acceptors (Lipinski definition) is 2. The molecule has 0 spiro atoms. The van der Waals surface area contributed by atoms with Crippen LogP contribution >= 0.6 is 39.1 Å². The van der Waals surface area contributed by atoms with Gasteiger partial charge >= 0.3 is 0 Å². The van der Waals surface area contributed by atoms with E-state index in [0.29, 0.717) is 22.4 Å². The Kier molecular flexibility index (Phi) is 4.26. The normalized spacial score (nSPS) is 10.3. The maximum Gasteiger partial charge on any atom is 0.139 e. The summed E-state index contributed by atoms with van der Waals surface area (Å²) >= 11 is 15.1. The van der Waals surface area contributed by atoms with Crippen molar-refractivity contribution in [3.8, 4) is 5.75 Å². The lowest BCUT2D eigenvalue weighted by molar-refractivity contribution is 0.305. The molecule has 5 heteroatoms. The van der Waals surface area contributed by atoms with Gasteiger partial charge in [-0.3, -0.25) is 4.98 Å². The van der Waals surface area contributed by atoms with E-state index in [1.807, 2.05) is 12.1 Å². The molecule has 1 heterocycles. The van der Waals surface area contributed by atoms with E-state index < -0.39 is 0 Å². The summed E-state index contributed by atoms with van der Waals surface area (Å²) in [6.45, 7) is 0.426. The molecule has 0 bridgehead atoms. The van der Waals surface area contributed by atoms with Crippen LogP contribution in [0.5, 0.6) is 5.75 Å². The molecule has 1 aromatic carbocycles. The third-order valence-corrected chi connectivity index (χ3v) is 3.24. The van der Waals surface area contributed by atoms with Crippen molar-refractivity contribution in [2.45, 2.75) is 6.61 Å². The first-order valence-corrected chi connectivity index (χ1v) is 6.37. The summed E-state index contributed by atoms with van der Waals surface area (Å²) in [6, 6.07) is 7.27. The number of rotatable bonds is 3. The van der Waals surface area contributed by atoms with Gasteiger partial charge in [0, 0.05) is 10.7 Å². The van der Waals surface area contributed by atoms with E-state index in [9.17, 15) is 0 Å². The van der Waals surface area contributed by atoms with Crippen LogP contribution in [0.4, 0.5) is 0 Å². The van der Waals surface area contributed by atoms with Gasteiger partial charge in [0.2, 0.25) is 0 Å². The van der Waals surface area contributed by atoms with Gasteiger partial charge in [0.25, 0.3) is 0 Å². The molecule has 0 aliphatic carbocycles. The van der Waals surface area contributed by atoms with Gasteiger partial charge in [0.1, 0.15) is 12.4 Å². The Morgan fingerprint density at radius 3 is 2.65 bits per heavy atom. The van der Waals surface area contributed by atoms with E-state index in [-0.39, 0.29) is 0 Å². The summed E-state index contributed by atoms with van der Waals surface area (Å²) < 4.78 is 6.45. The molecule has 0 fully saturated rings. The van der Waals surface area contributed by atoms with E-state index in [1.165, 1.54) is 0 Å². The van der Waals surface area contributed by atoms with E-state index >= 15 is 0 Å². The van der Waals surface area contributed by atoms with Gasteiger partial charge in [-0.15, -0.1) is 0 Å². The number of hydrogen-bond donors (Lipinski definition) is 0. The zero-order chi connectivity index (χ0) is 12.3. The summed E-state index contributed by atoms with van der Waals surface area (Å²) in [6.07, 6.45) is 3.36. The minimum absolute atomic E-state index is 0.426. The number of benzene rings is 1. The minimum atomic E-state index is 0.426. The number of halogens is 3. The van der Waals surface area contributed by atoms with Crippen molar-refractivity contribution in [2.75, 3.05) is 0 Å². The molecule has 0 radical (unpaired) electrons. The third-order valence-electron chi connectivity index (χ3n) is 2.07. The molecule has 0 saturated carbocycles. The van der Waals surface area contributed by atoms with Crippen molar-refractivity contribution < 1.29 is 4.74 Å². The topological polar surface area (TPSA) is 22.1 Å². The summed E-state index contributed by atoms with van der Waals surface area (Å²) in [5.41, 5.74) is 0.958. The van der Waals surface area contributed by atoms with E-state index in [4.69, 9.17) is 27.9 Å². The van der Waals surface area contributed by atoms with Crippen LogP contribution in [0.1, 0.15) is 5.56 Å². The minimum Gasteiger partial charge on any atom is -0.487 e. The van der Waals surface area contributed by atoms with Crippen LogP contribution in [0.25, 0.3) is 0 Å². The SMILES string of the molecule is Clc1ccc(COc2cncc(Br)c2)cc1Cl. The second-order valence-corrected chi connectivity index (χ2v) is 5.11. The van der Waals surface area contributed by atoms with E-state index in [1.54, 1.807) is 24.5 Å². The van der Waals surface area contributed by atoms with Crippen molar-refractivity contribution in [1.82, 2.24) is 4.98 Å². The van der Waals surface area contributed by atoms with Crippen molar-refractivity contribution in [3.05, 3.63) is 56.7 Å². The predicted octanol–water partition coefficient (Wildman–Crippen LogP) is 4.73. The molecular weight excluding hydrogens is 325 g/mol. The Morgan fingerprint density at radius 1 is 1.12 bits per heavy atom. The average Bonchev–Trinajstić information content (AvgIpc) is 2.31. The molecular formula is C12H8BrCl2NO. The molecule has 0 aliphatic rings. The highest BCUT2D eigenvalue weighted by Crippen LogP contribution is 2.23. The van der Waals surface area contributed by atoms with Gasteiger partial charge in [0.05, 0.1) is 16.2 Å². The zero-order valence-corrected chi connectivity index (χ0v) is 11.8. The van der Waals surface area contributed by atoms with Gasteiger partial charge in [-0.05, 0) is 39.7 Å². The van der Waals surface area contributed by atoms with Gasteiger partial charge in [-0.25, -0.2) is 0 Å². The second kappa shape index (κ2) is 5.71. The van der Waals surface area contributed by atoms with Crippen LogP contribution in [0, 0.1) is 0 Å². The van der Waals surface area contributed by atoms with Crippen LogP contribution in [-0.2, 0) is 6.61 Å². The second-order valence-electron chi connectivity index (χ2n) is 3.38. The Hall–Kier alpha value is -0.770. The molecule has 0 N–H and O–H groups in total. The van der Waals surface area contributed by atoms with Gasteiger partial charge in [0.15, 0.2) is 0 Å². The molecule has 0 aliphatic heterocycles. The lowest BCUT2D eigenvalue weighted by atomic mass is 10.2. The van der Waals surface area contributed by atoms with Crippen LogP contribution < -0.4 is 4.74 Å².